The van der Waals surface area contributed by atoms with Gasteiger partial charge in [-0.3, -0.25) is 4.21 Å². The molecule has 0 radical (unpaired) electrons. The predicted octanol–water partition coefficient (Wildman–Crippen LogP) is 0.860. The van der Waals surface area contributed by atoms with Crippen molar-refractivity contribution in [3.63, 3.8) is 0 Å². The van der Waals surface area contributed by atoms with Gasteiger partial charge in [0.05, 0.1) is 0 Å². The van der Waals surface area contributed by atoms with Gasteiger partial charge in [-0.1, -0.05) is 18.2 Å². The van der Waals surface area contributed by atoms with Crippen LogP contribution in [0.5, 0.6) is 5.75 Å². The molecule has 0 fully saturated rings. The Hall–Kier alpha value is -0.870. The second kappa shape index (κ2) is 5.78. The minimum atomic E-state index is -0.754. The van der Waals surface area contributed by atoms with Gasteiger partial charge >= 0.3 is 0 Å². The Morgan fingerprint density at radius 2 is 2.14 bits per heavy atom. The third-order valence-electron chi connectivity index (χ3n) is 1.87. The summed E-state index contributed by atoms with van der Waals surface area (Å²) in [5.74, 6) is 0.950. The van der Waals surface area contributed by atoms with Crippen LogP contribution in [-0.2, 0) is 17.3 Å². The van der Waals surface area contributed by atoms with Gasteiger partial charge in [0.2, 0.25) is 0 Å². The number of rotatable bonds is 5. The molecule has 0 heterocycles. The average molecular weight is 213 g/mol. The van der Waals surface area contributed by atoms with Crippen molar-refractivity contribution < 1.29 is 9.32 Å². The van der Waals surface area contributed by atoms with Gasteiger partial charge in [-0.2, -0.15) is 0 Å². The maximum atomic E-state index is 10.7. The standard InChI is InChI=1S/C10H15NO2S/c1-14(13)7-6-11-8-9-4-2-3-5-10(9)12/h2-5,11-12H,6-8H2,1H3. The van der Waals surface area contributed by atoms with Crippen LogP contribution < -0.4 is 5.32 Å². The number of hydrogen-bond donors (Lipinski definition) is 2. The highest BCUT2D eigenvalue weighted by Gasteiger charge is 1.98. The fourth-order valence-electron chi connectivity index (χ4n) is 1.10. The van der Waals surface area contributed by atoms with Gasteiger partial charge in [-0.05, 0) is 6.07 Å². The van der Waals surface area contributed by atoms with E-state index in [1.54, 1.807) is 18.4 Å². The Balaban J connectivity index is 2.31. The molecule has 0 amide bonds. The first-order valence-electron chi connectivity index (χ1n) is 4.48. The maximum absolute atomic E-state index is 10.7. The lowest BCUT2D eigenvalue weighted by atomic mass is 10.2. The molecule has 0 aliphatic rings. The van der Waals surface area contributed by atoms with E-state index in [1.807, 2.05) is 12.1 Å². The van der Waals surface area contributed by atoms with Crippen molar-refractivity contribution in [3.05, 3.63) is 29.8 Å². The summed E-state index contributed by atoms with van der Waals surface area (Å²) in [6.45, 7) is 1.32. The Bertz CT molecular complexity index is 315. The molecule has 0 aromatic heterocycles. The molecular formula is C10H15NO2S. The van der Waals surface area contributed by atoms with Crippen LogP contribution in [0.1, 0.15) is 5.56 Å². The third kappa shape index (κ3) is 3.89. The smallest absolute Gasteiger partial charge is 0.120 e. The summed E-state index contributed by atoms with van der Waals surface area (Å²) in [5.41, 5.74) is 0.870. The van der Waals surface area contributed by atoms with E-state index in [1.165, 1.54) is 0 Å². The average Bonchev–Trinajstić information content (AvgIpc) is 2.15. The van der Waals surface area contributed by atoms with E-state index >= 15 is 0 Å². The molecule has 4 heteroatoms. The Kier molecular flexibility index (Phi) is 4.62. The van der Waals surface area contributed by atoms with Crippen molar-refractivity contribution in [1.29, 1.82) is 0 Å². The van der Waals surface area contributed by atoms with E-state index in [0.717, 1.165) is 5.56 Å². The second-order valence-corrected chi connectivity index (χ2v) is 4.64. The van der Waals surface area contributed by atoms with Crippen molar-refractivity contribution >= 4 is 10.8 Å². The summed E-state index contributed by atoms with van der Waals surface area (Å²) in [6, 6.07) is 7.20. The lowest BCUT2D eigenvalue weighted by Gasteiger charge is -2.05. The van der Waals surface area contributed by atoms with Gasteiger partial charge in [-0.15, -0.1) is 0 Å². The Labute approximate surface area is 86.6 Å². The van der Waals surface area contributed by atoms with E-state index in [9.17, 15) is 9.32 Å². The normalized spacial score (nSPS) is 12.6. The van der Waals surface area contributed by atoms with Crippen LogP contribution in [0.2, 0.25) is 0 Å². The summed E-state index contributed by atoms with van der Waals surface area (Å²) in [4.78, 5) is 0. The largest absolute Gasteiger partial charge is 0.508 e. The van der Waals surface area contributed by atoms with Crippen molar-refractivity contribution in [3.8, 4) is 5.75 Å². The summed E-state index contributed by atoms with van der Waals surface area (Å²) < 4.78 is 10.7. The van der Waals surface area contributed by atoms with Gasteiger partial charge in [-0.25, -0.2) is 0 Å². The Morgan fingerprint density at radius 1 is 1.43 bits per heavy atom. The molecular weight excluding hydrogens is 198 g/mol. The van der Waals surface area contributed by atoms with E-state index in [4.69, 9.17) is 0 Å². The molecule has 1 aromatic carbocycles. The zero-order chi connectivity index (χ0) is 10.4. The number of aromatic hydroxyl groups is 1. The number of hydrogen-bond acceptors (Lipinski definition) is 3. The van der Waals surface area contributed by atoms with Crippen molar-refractivity contribution in [1.82, 2.24) is 5.32 Å². The highest BCUT2D eigenvalue weighted by molar-refractivity contribution is 7.84. The molecule has 3 nitrogen and oxygen atoms in total. The van der Waals surface area contributed by atoms with Crippen LogP contribution in [0, 0.1) is 0 Å². The first kappa shape index (κ1) is 11.2. The van der Waals surface area contributed by atoms with E-state index in [-0.39, 0.29) is 0 Å². The van der Waals surface area contributed by atoms with Crippen LogP contribution in [0.4, 0.5) is 0 Å². The minimum absolute atomic E-state index is 0.303. The molecule has 0 saturated heterocycles. The molecule has 1 aromatic rings. The summed E-state index contributed by atoms with van der Waals surface area (Å²) >= 11 is 0. The SMILES string of the molecule is CS(=O)CCNCc1ccccc1O. The quantitative estimate of drug-likeness (QED) is 0.713. The fraction of sp³-hybridized carbons (Fsp3) is 0.400. The van der Waals surface area contributed by atoms with Gasteiger partial charge in [0, 0.05) is 41.5 Å². The van der Waals surface area contributed by atoms with E-state index in [0.29, 0.717) is 24.6 Å². The molecule has 0 spiro atoms. The highest BCUT2D eigenvalue weighted by Crippen LogP contribution is 2.14. The lowest BCUT2D eigenvalue weighted by molar-refractivity contribution is 0.465. The summed E-state index contributed by atoms with van der Waals surface area (Å²) in [5, 5.41) is 12.5. The Morgan fingerprint density at radius 3 is 2.79 bits per heavy atom. The maximum Gasteiger partial charge on any atom is 0.120 e. The number of phenols is 1. The molecule has 14 heavy (non-hydrogen) atoms. The van der Waals surface area contributed by atoms with Crippen LogP contribution in [0.15, 0.2) is 24.3 Å². The molecule has 2 N–H and O–H groups in total. The molecule has 0 bridgehead atoms. The fourth-order valence-corrected chi connectivity index (χ4v) is 1.53. The first-order chi connectivity index (χ1) is 6.70. The van der Waals surface area contributed by atoms with E-state index in [2.05, 4.69) is 5.32 Å². The summed E-state index contributed by atoms with van der Waals surface area (Å²) in [6.07, 6.45) is 1.68. The molecule has 78 valence electrons. The first-order valence-corrected chi connectivity index (χ1v) is 6.20. The zero-order valence-corrected chi connectivity index (χ0v) is 9.01. The molecule has 1 atom stereocenters. The van der Waals surface area contributed by atoms with Gasteiger partial charge in [0.15, 0.2) is 0 Å². The highest BCUT2D eigenvalue weighted by atomic mass is 32.2. The minimum Gasteiger partial charge on any atom is -0.508 e. The van der Waals surface area contributed by atoms with Gasteiger partial charge in [0.1, 0.15) is 5.75 Å². The predicted molar refractivity (Wildman–Crippen MR) is 58.7 cm³/mol. The second-order valence-electron chi connectivity index (χ2n) is 3.08. The number of nitrogens with one attached hydrogen (secondary N) is 1. The van der Waals surface area contributed by atoms with Crippen LogP contribution in [0.25, 0.3) is 0 Å². The van der Waals surface area contributed by atoms with Gasteiger partial charge < -0.3 is 10.4 Å². The van der Waals surface area contributed by atoms with Crippen LogP contribution >= 0.6 is 0 Å². The van der Waals surface area contributed by atoms with Gasteiger partial charge in [0.25, 0.3) is 0 Å². The summed E-state index contributed by atoms with van der Waals surface area (Å²) in [7, 11) is -0.754. The molecule has 0 saturated carbocycles. The van der Waals surface area contributed by atoms with Crippen LogP contribution in [0.3, 0.4) is 0 Å². The topological polar surface area (TPSA) is 49.3 Å². The molecule has 1 rings (SSSR count). The number of phenolic OH excluding ortho intramolecular Hbond substituents is 1. The molecule has 0 aliphatic heterocycles. The van der Waals surface area contributed by atoms with Crippen molar-refractivity contribution in [2.75, 3.05) is 18.6 Å². The lowest BCUT2D eigenvalue weighted by Crippen LogP contribution is -2.19. The molecule has 0 aliphatic carbocycles. The number of benzene rings is 1. The van der Waals surface area contributed by atoms with Crippen molar-refractivity contribution in [2.24, 2.45) is 0 Å². The van der Waals surface area contributed by atoms with Crippen molar-refractivity contribution in [2.45, 2.75) is 6.54 Å². The third-order valence-corrected chi connectivity index (χ3v) is 2.65. The molecule has 1 unspecified atom stereocenters. The van der Waals surface area contributed by atoms with Crippen LogP contribution in [-0.4, -0.2) is 27.9 Å². The van der Waals surface area contributed by atoms with E-state index < -0.39 is 10.8 Å². The zero-order valence-electron chi connectivity index (χ0n) is 8.19. The number of para-hydroxylation sites is 1. The monoisotopic (exact) mass is 213 g/mol.